The summed E-state index contributed by atoms with van der Waals surface area (Å²) in [6, 6.07) is 7.60. The lowest BCUT2D eigenvalue weighted by Crippen LogP contribution is -2.38. The van der Waals surface area contributed by atoms with Gasteiger partial charge in [-0.15, -0.1) is 0 Å². The largest absolute Gasteiger partial charge is 0.467 e. The summed E-state index contributed by atoms with van der Waals surface area (Å²) in [5.41, 5.74) is 1.84. The molecule has 1 heterocycles. The SMILES string of the molecule is COC(=O)[C@@H]1OC2(O[C@H]1C(=O)OC)c1ccccc1C[C@@H]2Br. The third kappa shape index (κ3) is 2.15. The van der Waals surface area contributed by atoms with Gasteiger partial charge in [-0.1, -0.05) is 40.2 Å². The molecule has 0 aromatic heterocycles. The molecule has 1 fully saturated rings. The smallest absolute Gasteiger partial charge is 0.338 e. The number of methoxy groups -OCH3 is 2. The van der Waals surface area contributed by atoms with Gasteiger partial charge < -0.3 is 18.9 Å². The first-order chi connectivity index (χ1) is 10.5. The molecular formula is C15H15BrO6. The fourth-order valence-electron chi connectivity index (χ4n) is 2.91. The molecule has 118 valence electrons. The fourth-order valence-corrected chi connectivity index (χ4v) is 3.72. The molecule has 0 saturated carbocycles. The summed E-state index contributed by atoms with van der Waals surface area (Å²) in [6.45, 7) is 0. The number of rotatable bonds is 2. The number of benzene rings is 1. The Labute approximate surface area is 135 Å². The number of carbonyl (C=O) groups excluding carboxylic acids is 2. The van der Waals surface area contributed by atoms with E-state index in [4.69, 9.17) is 18.9 Å². The van der Waals surface area contributed by atoms with Crippen molar-refractivity contribution < 1.29 is 28.5 Å². The van der Waals surface area contributed by atoms with Crippen LogP contribution >= 0.6 is 15.9 Å². The zero-order valence-corrected chi connectivity index (χ0v) is 13.7. The van der Waals surface area contributed by atoms with Crippen molar-refractivity contribution in [3.8, 4) is 0 Å². The Hall–Kier alpha value is -1.44. The number of fused-ring (bicyclic) bond motifs is 2. The number of ether oxygens (including phenoxy) is 4. The monoisotopic (exact) mass is 370 g/mol. The molecule has 0 N–H and O–H groups in total. The minimum Gasteiger partial charge on any atom is -0.467 e. The number of esters is 2. The minimum atomic E-state index is -1.20. The first-order valence-corrected chi connectivity index (χ1v) is 7.69. The summed E-state index contributed by atoms with van der Waals surface area (Å²) in [4.78, 5) is 23.7. The van der Waals surface area contributed by atoms with Crippen LogP contribution in [0.1, 0.15) is 11.1 Å². The molecule has 1 aliphatic heterocycles. The van der Waals surface area contributed by atoms with Crippen molar-refractivity contribution in [3.63, 3.8) is 0 Å². The highest BCUT2D eigenvalue weighted by Crippen LogP contribution is 2.50. The molecule has 0 amide bonds. The highest BCUT2D eigenvalue weighted by Gasteiger charge is 2.61. The van der Waals surface area contributed by atoms with Crippen LogP contribution in [0.3, 0.4) is 0 Å². The molecule has 0 unspecified atom stereocenters. The highest BCUT2D eigenvalue weighted by molar-refractivity contribution is 9.09. The van der Waals surface area contributed by atoms with E-state index in [0.717, 1.165) is 11.1 Å². The van der Waals surface area contributed by atoms with E-state index in [2.05, 4.69) is 15.9 Å². The molecule has 3 atom stereocenters. The highest BCUT2D eigenvalue weighted by atomic mass is 79.9. The van der Waals surface area contributed by atoms with E-state index in [1.165, 1.54) is 14.2 Å². The zero-order chi connectivity index (χ0) is 15.9. The van der Waals surface area contributed by atoms with Crippen LogP contribution in [0.15, 0.2) is 24.3 Å². The van der Waals surface area contributed by atoms with E-state index in [-0.39, 0.29) is 4.83 Å². The van der Waals surface area contributed by atoms with Gasteiger partial charge in [0.05, 0.1) is 19.0 Å². The van der Waals surface area contributed by atoms with E-state index in [0.29, 0.717) is 6.42 Å². The van der Waals surface area contributed by atoms with Crippen LogP contribution in [0.4, 0.5) is 0 Å². The van der Waals surface area contributed by atoms with Crippen LogP contribution < -0.4 is 0 Å². The maximum atomic E-state index is 12.0. The summed E-state index contributed by atoms with van der Waals surface area (Å²) in [6.07, 6.45) is -1.66. The molecular weight excluding hydrogens is 356 g/mol. The molecule has 3 rings (SSSR count). The average Bonchev–Trinajstić information content (AvgIpc) is 3.07. The van der Waals surface area contributed by atoms with Crippen LogP contribution in [0.25, 0.3) is 0 Å². The fraction of sp³-hybridized carbons (Fsp3) is 0.467. The van der Waals surface area contributed by atoms with Gasteiger partial charge >= 0.3 is 11.9 Å². The molecule has 1 aromatic carbocycles. The average molecular weight is 371 g/mol. The quantitative estimate of drug-likeness (QED) is 0.577. The van der Waals surface area contributed by atoms with E-state index in [1.807, 2.05) is 24.3 Å². The van der Waals surface area contributed by atoms with Crippen LogP contribution in [-0.2, 0) is 40.7 Å². The maximum Gasteiger partial charge on any atom is 0.338 e. The third-order valence-electron chi connectivity index (χ3n) is 3.95. The Morgan fingerprint density at radius 3 is 2.23 bits per heavy atom. The van der Waals surface area contributed by atoms with Crippen molar-refractivity contribution in [1.29, 1.82) is 0 Å². The van der Waals surface area contributed by atoms with E-state index in [9.17, 15) is 9.59 Å². The van der Waals surface area contributed by atoms with Crippen LogP contribution in [0.5, 0.6) is 0 Å². The predicted molar refractivity (Wildman–Crippen MR) is 78.3 cm³/mol. The first kappa shape index (κ1) is 15.5. The Bertz CT molecular complexity index is 592. The van der Waals surface area contributed by atoms with E-state index < -0.39 is 29.9 Å². The second-order valence-corrected chi connectivity index (χ2v) is 6.22. The van der Waals surface area contributed by atoms with Gasteiger partial charge in [-0.3, -0.25) is 0 Å². The van der Waals surface area contributed by atoms with Gasteiger partial charge in [0.25, 0.3) is 0 Å². The lowest BCUT2D eigenvalue weighted by molar-refractivity contribution is -0.189. The van der Waals surface area contributed by atoms with Gasteiger partial charge in [0.1, 0.15) is 0 Å². The lowest BCUT2D eigenvalue weighted by atomic mass is 10.1. The van der Waals surface area contributed by atoms with E-state index in [1.54, 1.807) is 0 Å². The summed E-state index contributed by atoms with van der Waals surface area (Å²) < 4.78 is 21.2. The van der Waals surface area contributed by atoms with Gasteiger partial charge in [0, 0.05) is 5.56 Å². The first-order valence-electron chi connectivity index (χ1n) is 6.77. The Morgan fingerprint density at radius 2 is 1.68 bits per heavy atom. The van der Waals surface area contributed by atoms with Crippen molar-refractivity contribution in [1.82, 2.24) is 0 Å². The Balaban J connectivity index is 2.03. The molecule has 22 heavy (non-hydrogen) atoms. The molecule has 2 aliphatic rings. The third-order valence-corrected chi connectivity index (χ3v) is 4.88. The number of carbonyl (C=O) groups is 2. The van der Waals surface area contributed by atoms with Gasteiger partial charge in [-0.2, -0.15) is 0 Å². The number of hydrogen-bond donors (Lipinski definition) is 0. The van der Waals surface area contributed by atoms with Gasteiger partial charge in [0.15, 0.2) is 12.2 Å². The molecule has 1 aromatic rings. The number of alkyl halides is 1. The van der Waals surface area contributed by atoms with Crippen LogP contribution in [-0.4, -0.2) is 43.2 Å². The molecule has 6 nitrogen and oxygen atoms in total. The molecule has 7 heteroatoms. The Morgan fingerprint density at radius 1 is 1.14 bits per heavy atom. The Kier molecular flexibility index (Phi) is 3.96. The van der Waals surface area contributed by atoms with Crippen molar-refractivity contribution in [2.45, 2.75) is 29.2 Å². The van der Waals surface area contributed by atoms with Crippen molar-refractivity contribution in [2.24, 2.45) is 0 Å². The van der Waals surface area contributed by atoms with Gasteiger partial charge in [0.2, 0.25) is 5.79 Å². The number of halogens is 1. The van der Waals surface area contributed by atoms with Crippen molar-refractivity contribution in [2.75, 3.05) is 14.2 Å². The lowest BCUT2D eigenvalue weighted by Gasteiger charge is -2.27. The molecule has 1 saturated heterocycles. The normalized spacial score (nSPS) is 28.4. The van der Waals surface area contributed by atoms with Crippen LogP contribution in [0.2, 0.25) is 0 Å². The second kappa shape index (κ2) is 5.64. The van der Waals surface area contributed by atoms with Crippen LogP contribution in [0, 0.1) is 0 Å². The predicted octanol–water partition coefficient (Wildman–Crippen LogP) is 1.29. The van der Waals surface area contributed by atoms with Crippen molar-refractivity contribution in [3.05, 3.63) is 35.4 Å². The summed E-state index contributed by atoms with van der Waals surface area (Å²) in [5.74, 6) is -2.54. The summed E-state index contributed by atoms with van der Waals surface area (Å²) in [5, 5.41) is 0. The number of hydrogen-bond acceptors (Lipinski definition) is 6. The second-order valence-electron chi connectivity index (χ2n) is 5.12. The van der Waals surface area contributed by atoms with Gasteiger partial charge in [-0.05, 0) is 12.0 Å². The topological polar surface area (TPSA) is 71.1 Å². The summed E-state index contributed by atoms with van der Waals surface area (Å²) >= 11 is 3.55. The maximum absolute atomic E-state index is 12.0. The minimum absolute atomic E-state index is 0.223. The molecule has 1 aliphatic carbocycles. The van der Waals surface area contributed by atoms with Gasteiger partial charge in [-0.25, -0.2) is 9.59 Å². The molecule has 1 spiro atoms. The zero-order valence-electron chi connectivity index (χ0n) is 12.1. The molecule has 0 radical (unpaired) electrons. The van der Waals surface area contributed by atoms with Crippen molar-refractivity contribution >= 4 is 27.9 Å². The molecule has 0 bridgehead atoms. The standard InChI is InChI=1S/C15H15BrO6/c1-19-13(17)11-12(14(18)20-2)22-15(21-11)9-6-4-3-5-8(9)7-10(15)16/h3-6,10-12H,7H2,1-2H3/t10-,11+,12+/m0/s1. The summed E-state index contributed by atoms with van der Waals surface area (Å²) in [7, 11) is 2.47. The van der Waals surface area contributed by atoms with E-state index >= 15 is 0 Å².